The highest BCUT2D eigenvalue weighted by Crippen LogP contribution is 2.27. The third kappa shape index (κ3) is 6.24. The molecule has 138 valence electrons. The number of hydrogen-bond acceptors (Lipinski definition) is 4. The molecule has 7 heteroatoms. The largest absolute Gasteiger partial charge is 0.497 e. The van der Waals surface area contributed by atoms with Gasteiger partial charge >= 0.3 is 0 Å². The molecule has 2 aromatic rings. The fourth-order valence-corrected chi connectivity index (χ4v) is 2.57. The Morgan fingerprint density at radius 2 is 1.88 bits per heavy atom. The van der Waals surface area contributed by atoms with Gasteiger partial charge in [-0.3, -0.25) is 4.79 Å². The fraction of sp³-hybridized carbons (Fsp3) is 0.263. The van der Waals surface area contributed by atoms with Gasteiger partial charge in [-0.15, -0.1) is 0 Å². The lowest BCUT2D eigenvalue weighted by molar-refractivity contribution is -0.121. The van der Waals surface area contributed by atoms with Gasteiger partial charge in [-0.1, -0.05) is 23.2 Å². The van der Waals surface area contributed by atoms with Crippen molar-refractivity contribution in [3.05, 3.63) is 58.1 Å². The number of benzene rings is 2. The molecule has 0 heterocycles. The number of ether oxygens (including phenoxy) is 2. The van der Waals surface area contributed by atoms with Gasteiger partial charge < -0.3 is 9.47 Å². The molecule has 0 fully saturated rings. The average Bonchev–Trinajstić information content (AvgIpc) is 2.64. The molecule has 26 heavy (non-hydrogen) atoms. The van der Waals surface area contributed by atoms with Crippen LogP contribution in [-0.2, 0) is 4.79 Å². The molecule has 0 aliphatic heterocycles. The minimum absolute atomic E-state index is 0.177. The zero-order valence-corrected chi connectivity index (χ0v) is 16.1. The van der Waals surface area contributed by atoms with E-state index in [0.29, 0.717) is 41.0 Å². The Bertz CT molecular complexity index is 777. The minimum atomic E-state index is -0.177. The second kappa shape index (κ2) is 10.0. The molecule has 0 aliphatic rings. The van der Waals surface area contributed by atoms with Crippen molar-refractivity contribution < 1.29 is 14.3 Å². The number of hydrogen-bond donors (Lipinski definition) is 1. The van der Waals surface area contributed by atoms with Crippen LogP contribution in [0.3, 0.4) is 0 Å². The fourth-order valence-electron chi connectivity index (χ4n) is 2.11. The number of rotatable bonds is 8. The van der Waals surface area contributed by atoms with Crippen LogP contribution in [0.25, 0.3) is 0 Å². The van der Waals surface area contributed by atoms with Crippen LogP contribution < -0.4 is 14.9 Å². The van der Waals surface area contributed by atoms with Gasteiger partial charge in [-0.25, -0.2) is 5.43 Å². The summed E-state index contributed by atoms with van der Waals surface area (Å²) in [7, 11) is 1.61. The smallest absolute Gasteiger partial charge is 0.240 e. The Balaban J connectivity index is 1.74. The van der Waals surface area contributed by atoms with Gasteiger partial charge in [0.2, 0.25) is 5.91 Å². The molecule has 0 atom stereocenters. The van der Waals surface area contributed by atoms with E-state index in [2.05, 4.69) is 10.5 Å². The maximum atomic E-state index is 11.9. The summed E-state index contributed by atoms with van der Waals surface area (Å²) in [6, 6.07) is 12.5. The molecule has 0 radical (unpaired) electrons. The number of nitrogens with zero attached hydrogens (tertiary/aromatic N) is 1. The molecule has 0 saturated carbocycles. The monoisotopic (exact) mass is 394 g/mol. The van der Waals surface area contributed by atoms with E-state index < -0.39 is 0 Å². The van der Waals surface area contributed by atoms with Crippen molar-refractivity contribution in [1.82, 2.24) is 5.43 Å². The summed E-state index contributed by atoms with van der Waals surface area (Å²) < 4.78 is 10.7. The van der Waals surface area contributed by atoms with Gasteiger partial charge in [0.15, 0.2) is 0 Å². The van der Waals surface area contributed by atoms with Crippen LogP contribution in [0.1, 0.15) is 25.3 Å². The maximum absolute atomic E-state index is 11.9. The lowest BCUT2D eigenvalue weighted by Gasteiger charge is -2.08. The summed E-state index contributed by atoms with van der Waals surface area (Å²) >= 11 is 11.8. The third-order valence-corrected chi connectivity index (χ3v) is 4.09. The zero-order valence-electron chi connectivity index (χ0n) is 14.6. The van der Waals surface area contributed by atoms with E-state index in [1.54, 1.807) is 25.3 Å². The highest BCUT2D eigenvalue weighted by molar-refractivity contribution is 6.35. The summed E-state index contributed by atoms with van der Waals surface area (Å²) in [5, 5.41) is 5.10. The van der Waals surface area contributed by atoms with Crippen molar-refractivity contribution >= 4 is 34.8 Å². The summed E-state index contributed by atoms with van der Waals surface area (Å²) in [6.07, 6.45) is 0.840. The summed E-state index contributed by atoms with van der Waals surface area (Å²) in [5.74, 6) is 1.14. The summed E-state index contributed by atoms with van der Waals surface area (Å²) in [5.41, 5.74) is 4.17. The first kappa shape index (κ1) is 20.1. The Hall–Kier alpha value is -2.24. The normalized spacial score (nSPS) is 11.2. The molecule has 0 spiro atoms. The Morgan fingerprint density at radius 1 is 1.15 bits per heavy atom. The second-order valence-corrected chi connectivity index (χ2v) is 6.33. The van der Waals surface area contributed by atoms with Gasteiger partial charge in [0.1, 0.15) is 11.5 Å². The molecule has 5 nitrogen and oxygen atoms in total. The van der Waals surface area contributed by atoms with Crippen LogP contribution in [0.15, 0.2) is 47.6 Å². The van der Waals surface area contributed by atoms with Crippen molar-refractivity contribution in [2.24, 2.45) is 5.10 Å². The molecule has 2 rings (SSSR count). The number of carbonyl (C=O) groups is 1. The number of nitrogens with one attached hydrogen (secondary N) is 1. The zero-order chi connectivity index (χ0) is 18.9. The van der Waals surface area contributed by atoms with Gasteiger partial charge in [-0.05, 0) is 61.4 Å². The van der Waals surface area contributed by atoms with Crippen molar-refractivity contribution in [1.29, 1.82) is 0 Å². The standard InChI is InChI=1S/C19H20Cl2N2O3/c1-13(14-5-8-16(25-2)9-6-14)22-23-19(24)4-3-11-26-18-10-7-15(20)12-17(18)21/h5-10,12H,3-4,11H2,1-2H3,(H,23,24)/b22-13+. The first-order valence-corrected chi connectivity index (χ1v) is 8.80. The second-order valence-electron chi connectivity index (χ2n) is 5.49. The van der Waals surface area contributed by atoms with E-state index in [1.165, 1.54) is 0 Å². The summed E-state index contributed by atoms with van der Waals surface area (Å²) in [4.78, 5) is 11.9. The Morgan fingerprint density at radius 3 is 2.54 bits per heavy atom. The van der Waals surface area contributed by atoms with Gasteiger partial charge in [0.05, 0.1) is 24.5 Å². The van der Waals surface area contributed by atoms with Crippen LogP contribution in [-0.4, -0.2) is 25.3 Å². The van der Waals surface area contributed by atoms with Gasteiger partial charge in [0, 0.05) is 11.4 Å². The predicted molar refractivity (Wildman–Crippen MR) is 105 cm³/mol. The molecule has 0 bridgehead atoms. The maximum Gasteiger partial charge on any atom is 0.240 e. The molecule has 0 aliphatic carbocycles. The van der Waals surface area contributed by atoms with Crippen molar-refractivity contribution in [3.8, 4) is 11.5 Å². The first-order chi connectivity index (χ1) is 12.5. The Kier molecular flexibility index (Phi) is 7.75. The van der Waals surface area contributed by atoms with E-state index in [9.17, 15) is 4.79 Å². The molecule has 1 amide bonds. The molecule has 0 saturated heterocycles. The van der Waals surface area contributed by atoms with E-state index in [4.69, 9.17) is 32.7 Å². The lowest BCUT2D eigenvalue weighted by Crippen LogP contribution is -2.19. The highest BCUT2D eigenvalue weighted by atomic mass is 35.5. The van der Waals surface area contributed by atoms with E-state index in [-0.39, 0.29) is 5.91 Å². The summed E-state index contributed by atoms with van der Waals surface area (Å²) in [6.45, 7) is 2.20. The van der Waals surface area contributed by atoms with Crippen molar-refractivity contribution in [3.63, 3.8) is 0 Å². The lowest BCUT2D eigenvalue weighted by atomic mass is 10.1. The average molecular weight is 395 g/mol. The molecule has 2 aromatic carbocycles. The van der Waals surface area contributed by atoms with Gasteiger partial charge in [0.25, 0.3) is 0 Å². The van der Waals surface area contributed by atoms with E-state index >= 15 is 0 Å². The highest BCUT2D eigenvalue weighted by Gasteiger charge is 2.05. The van der Waals surface area contributed by atoms with Gasteiger partial charge in [-0.2, -0.15) is 5.10 Å². The SMILES string of the molecule is COc1ccc(/C(C)=N/NC(=O)CCCOc2ccc(Cl)cc2Cl)cc1. The first-order valence-electron chi connectivity index (χ1n) is 8.05. The number of halogens is 2. The third-order valence-electron chi connectivity index (χ3n) is 3.56. The predicted octanol–water partition coefficient (Wildman–Crippen LogP) is 4.70. The molecule has 1 N–H and O–H groups in total. The molecular formula is C19H20Cl2N2O3. The molecule has 0 unspecified atom stereocenters. The van der Waals surface area contributed by atoms with E-state index in [1.807, 2.05) is 31.2 Å². The minimum Gasteiger partial charge on any atom is -0.497 e. The topological polar surface area (TPSA) is 59.9 Å². The van der Waals surface area contributed by atoms with Crippen LogP contribution in [0.2, 0.25) is 10.0 Å². The number of hydrazone groups is 1. The van der Waals surface area contributed by atoms with Crippen molar-refractivity contribution in [2.75, 3.05) is 13.7 Å². The quantitative estimate of drug-likeness (QED) is 0.400. The number of amides is 1. The van der Waals surface area contributed by atoms with Crippen LogP contribution in [0.4, 0.5) is 0 Å². The Labute approximate surface area is 162 Å². The molecule has 0 aromatic heterocycles. The van der Waals surface area contributed by atoms with Crippen LogP contribution >= 0.6 is 23.2 Å². The van der Waals surface area contributed by atoms with Crippen LogP contribution in [0, 0.1) is 0 Å². The van der Waals surface area contributed by atoms with Crippen LogP contribution in [0.5, 0.6) is 11.5 Å². The number of carbonyl (C=O) groups excluding carboxylic acids is 1. The van der Waals surface area contributed by atoms with E-state index in [0.717, 1.165) is 11.3 Å². The number of methoxy groups -OCH3 is 1. The molecular weight excluding hydrogens is 375 g/mol. The van der Waals surface area contributed by atoms with Crippen molar-refractivity contribution in [2.45, 2.75) is 19.8 Å².